The molecule has 1 aromatic heterocycles. The molecule has 0 bridgehead atoms. The van der Waals surface area contributed by atoms with Crippen molar-refractivity contribution in [2.75, 3.05) is 19.6 Å². The summed E-state index contributed by atoms with van der Waals surface area (Å²) in [6.45, 7) is 10.5. The maximum Gasteiger partial charge on any atom is 0.415 e. The number of amides is 1. The number of nitrogens with zero attached hydrogens (tertiary/aromatic N) is 3. The van der Waals surface area contributed by atoms with E-state index < -0.39 is 0 Å². The van der Waals surface area contributed by atoms with Gasteiger partial charge in [-0.2, -0.15) is 0 Å². The van der Waals surface area contributed by atoms with Crippen LogP contribution in [0.3, 0.4) is 0 Å². The Kier molecular flexibility index (Phi) is 6.21. The molecule has 3 rings (SSSR count). The molecule has 1 saturated heterocycles. The van der Waals surface area contributed by atoms with E-state index in [1.807, 2.05) is 32.0 Å². The van der Waals surface area contributed by atoms with E-state index >= 15 is 0 Å². The molecular weight excluding hydrogens is 376 g/mol. The van der Waals surface area contributed by atoms with Crippen molar-refractivity contribution in [3.8, 4) is 5.75 Å². The topological polar surface area (TPSA) is 71.7 Å². The van der Waals surface area contributed by atoms with E-state index in [-0.39, 0.29) is 12.1 Å². The van der Waals surface area contributed by atoms with Crippen molar-refractivity contribution in [1.82, 2.24) is 14.8 Å². The standard InChI is InChI=1S/C21H25ClN4O2/c1-14-5-4-6-17(20(14)22)13-25-7-8-26(15(2)12-25)21(27)28-19-9-18(16(3)23)10-24-11-19/h4-6,9-11,15H,3,7-8,12-13,23H2,1-2H3/t15-/m1/s1. The first-order valence-electron chi connectivity index (χ1n) is 9.19. The third-order valence-electron chi connectivity index (χ3n) is 4.90. The molecule has 1 atom stereocenters. The third kappa shape index (κ3) is 4.64. The lowest BCUT2D eigenvalue weighted by Gasteiger charge is -2.39. The molecule has 1 amide bonds. The zero-order valence-electron chi connectivity index (χ0n) is 16.2. The summed E-state index contributed by atoms with van der Waals surface area (Å²) in [6, 6.07) is 7.75. The van der Waals surface area contributed by atoms with Gasteiger partial charge in [-0.05, 0) is 31.0 Å². The van der Waals surface area contributed by atoms with Crippen LogP contribution < -0.4 is 10.5 Å². The molecule has 28 heavy (non-hydrogen) atoms. The number of aryl methyl sites for hydroxylation is 1. The van der Waals surface area contributed by atoms with Gasteiger partial charge in [0, 0.05) is 54.7 Å². The molecule has 7 heteroatoms. The maximum atomic E-state index is 12.6. The second-order valence-electron chi connectivity index (χ2n) is 7.13. The fourth-order valence-corrected chi connectivity index (χ4v) is 3.51. The molecule has 1 fully saturated rings. The van der Waals surface area contributed by atoms with E-state index in [4.69, 9.17) is 22.1 Å². The highest BCUT2D eigenvalue weighted by Gasteiger charge is 2.29. The molecule has 0 spiro atoms. The van der Waals surface area contributed by atoms with Crippen molar-refractivity contribution < 1.29 is 9.53 Å². The zero-order chi connectivity index (χ0) is 20.3. The first kappa shape index (κ1) is 20.2. The largest absolute Gasteiger partial charge is 0.415 e. The van der Waals surface area contributed by atoms with Crippen LogP contribution in [-0.2, 0) is 6.54 Å². The number of carbonyl (C=O) groups excluding carboxylic acids is 1. The lowest BCUT2D eigenvalue weighted by Crippen LogP contribution is -2.54. The summed E-state index contributed by atoms with van der Waals surface area (Å²) < 4.78 is 5.49. The number of hydrogen-bond acceptors (Lipinski definition) is 5. The number of piperazine rings is 1. The number of hydrogen-bond donors (Lipinski definition) is 1. The predicted molar refractivity (Wildman–Crippen MR) is 111 cm³/mol. The quantitative estimate of drug-likeness (QED) is 0.847. The van der Waals surface area contributed by atoms with Gasteiger partial charge in [0.15, 0.2) is 5.75 Å². The number of halogens is 1. The number of rotatable bonds is 4. The van der Waals surface area contributed by atoms with Gasteiger partial charge in [0.05, 0.1) is 6.20 Å². The fourth-order valence-electron chi connectivity index (χ4n) is 3.33. The minimum absolute atomic E-state index is 0.0189. The number of carbonyl (C=O) groups is 1. The van der Waals surface area contributed by atoms with Crippen molar-refractivity contribution >= 4 is 23.4 Å². The lowest BCUT2D eigenvalue weighted by atomic mass is 10.1. The molecule has 1 aromatic carbocycles. The first-order valence-corrected chi connectivity index (χ1v) is 9.57. The second kappa shape index (κ2) is 8.63. The van der Waals surface area contributed by atoms with Crippen LogP contribution in [0.2, 0.25) is 5.02 Å². The van der Waals surface area contributed by atoms with E-state index in [9.17, 15) is 4.79 Å². The highest BCUT2D eigenvalue weighted by molar-refractivity contribution is 6.32. The van der Waals surface area contributed by atoms with E-state index in [0.29, 0.717) is 23.6 Å². The molecule has 2 aromatic rings. The minimum atomic E-state index is -0.387. The normalized spacial score (nSPS) is 17.4. The molecule has 2 N–H and O–H groups in total. The Morgan fingerprint density at radius 2 is 2.18 bits per heavy atom. The third-order valence-corrected chi connectivity index (χ3v) is 5.44. The number of ether oxygens (including phenoxy) is 1. The number of nitrogens with two attached hydrogens (primary N) is 1. The van der Waals surface area contributed by atoms with E-state index in [2.05, 4.69) is 16.5 Å². The number of pyridine rings is 1. The van der Waals surface area contributed by atoms with Gasteiger partial charge in [-0.1, -0.05) is 36.4 Å². The van der Waals surface area contributed by atoms with E-state index in [1.165, 1.54) is 6.20 Å². The number of aromatic nitrogens is 1. The predicted octanol–water partition coefficient (Wildman–Crippen LogP) is 3.68. The summed E-state index contributed by atoms with van der Waals surface area (Å²) in [6.07, 6.45) is 2.69. The van der Waals surface area contributed by atoms with Crippen LogP contribution in [0, 0.1) is 6.92 Å². The first-order chi connectivity index (χ1) is 13.3. The van der Waals surface area contributed by atoms with E-state index in [0.717, 1.165) is 35.8 Å². The van der Waals surface area contributed by atoms with Crippen LogP contribution in [0.15, 0.2) is 43.2 Å². The van der Waals surface area contributed by atoms with Crippen LogP contribution in [-0.4, -0.2) is 46.6 Å². The van der Waals surface area contributed by atoms with Crippen molar-refractivity contribution in [3.63, 3.8) is 0 Å². The summed E-state index contributed by atoms with van der Waals surface area (Å²) in [5.41, 5.74) is 8.87. The summed E-state index contributed by atoms with van der Waals surface area (Å²) >= 11 is 6.42. The zero-order valence-corrected chi connectivity index (χ0v) is 16.9. The summed E-state index contributed by atoms with van der Waals surface area (Å²) in [7, 11) is 0. The highest BCUT2D eigenvalue weighted by atomic mass is 35.5. The van der Waals surface area contributed by atoms with Crippen LogP contribution in [0.5, 0.6) is 5.75 Å². The van der Waals surface area contributed by atoms with Crippen LogP contribution >= 0.6 is 11.6 Å². The molecule has 6 nitrogen and oxygen atoms in total. The van der Waals surface area contributed by atoms with Crippen LogP contribution in [0.25, 0.3) is 5.70 Å². The molecule has 0 radical (unpaired) electrons. The SMILES string of the molecule is C=C(N)c1cncc(OC(=O)N2CCN(Cc3cccc(C)c3Cl)C[C@H]2C)c1. The monoisotopic (exact) mass is 400 g/mol. The molecular formula is C21H25ClN4O2. The van der Waals surface area contributed by atoms with Crippen molar-refractivity contribution in [2.24, 2.45) is 5.73 Å². The van der Waals surface area contributed by atoms with Gasteiger partial charge in [-0.3, -0.25) is 9.88 Å². The van der Waals surface area contributed by atoms with E-state index in [1.54, 1.807) is 17.2 Å². The Morgan fingerprint density at radius 1 is 1.39 bits per heavy atom. The Labute approximate surface area is 170 Å². The molecule has 148 valence electrons. The van der Waals surface area contributed by atoms with Crippen molar-refractivity contribution in [3.05, 3.63) is 65.0 Å². The van der Waals surface area contributed by atoms with Gasteiger partial charge in [0.1, 0.15) is 0 Å². The van der Waals surface area contributed by atoms with Gasteiger partial charge < -0.3 is 15.4 Å². The fraction of sp³-hybridized carbons (Fsp3) is 0.333. The minimum Gasteiger partial charge on any atom is -0.409 e. The maximum absolute atomic E-state index is 12.6. The molecule has 2 heterocycles. The lowest BCUT2D eigenvalue weighted by molar-refractivity contribution is 0.0752. The molecule has 1 aliphatic rings. The molecule has 1 aliphatic heterocycles. The molecule has 0 aliphatic carbocycles. The Balaban J connectivity index is 1.60. The average Bonchev–Trinajstić information content (AvgIpc) is 2.65. The molecule has 0 unspecified atom stereocenters. The van der Waals surface area contributed by atoms with Gasteiger partial charge in [0.25, 0.3) is 0 Å². The summed E-state index contributed by atoms with van der Waals surface area (Å²) in [5, 5.41) is 0.811. The summed E-state index contributed by atoms with van der Waals surface area (Å²) in [5.74, 6) is 0.357. The highest BCUT2D eigenvalue weighted by Crippen LogP contribution is 2.23. The molecule has 0 saturated carbocycles. The van der Waals surface area contributed by atoms with Gasteiger partial charge in [-0.15, -0.1) is 0 Å². The Morgan fingerprint density at radius 3 is 2.89 bits per heavy atom. The van der Waals surface area contributed by atoms with Gasteiger partial charge in [0.2, 0.25) is 0 Å². The van der Waals surface area contributed by atoms with Crippen molar-refractivity contribution in [2.45, 2.75) is 26.4 Å². The van der Waals surface area contributed by atoms with Crippen LogP contribution in [0.4, 0.5) is 4.79 Å². The Bertz CT molecular complexity index is 886. The smallest absolute Gasteiger partial charge is 0.409 e. The summed E-state index contributed by atoms with van der Waals surface area (Å²) in [4.78, 5) is 20.7. The van der Waals surface area contributed by atoms with Crippen molar-refractivity contribution in [1.29, 1.82) is 0 Å². The second-order valence-corrected chi connectivity index (χ2v) is 7.51. The average molecular weight is 401 g/mol. The van der Waals surface area contributed by atoms with Gasteiger partial charge >= 0.3 is 6.09 Å². The number of benzene rings is 1. The Hall–Kier alpha value is -2.57. The van der Waals surface area contributed by atoms with Crippen LogP contribution in [0.1, 0.15) is 23.6 Å². The van der Waals surface area contributed by atoms with Gasteiger partial charge in [-0.25, -0.2) is 4.79 Å².